The predicted molar refractivity (Wildman–Crippen MR) is 59.2 cm³/mol. The lowest BCUT2D eigenvalue weighted by molar-refractivity contribution is 0.320. The Morgan fingerprint density at radius 1 is 1.44 bits per heavy atom. The van der Waals surface area contributed by atoms with E-state index in [-0.39, 0.29) is 11.6 Å². The molecule has 2 rings (SSSR count). The van der Waals surface area contributed by atoms with E-state index < -0.39 is 11.6 Å². The highest BCUT2D eigenvalue weighted by Gasteiger charge is 2.21. The number of nitrogen functional groups attached to an aromatic ring is 1. The number of aromatic nitrogens is 1. The summed E-state index contributed by atoms with van der Waals surface area (Å²) < 4.78 is 26.4. The molecule has 3 nitrogen and oxygen atoms in total. The van der Waals surface area contributed by atoms with Gasteiger partial charge in [-0.3, -0.25) is 0 Å². The SMILES string of the molecule is CN(CC1CCC1)c1nc(N)c(F)cc1F. The van der Waals surface area contributed by atoms with Gasteiger partial charge in [-0.1, -0.05) is 6.42 Å². The molecule has 1 heterocycles. The zero-order valence-corrected chi connectivity index (χ0v) is 9.21. The average molecular weight is 227 g/mol. The van der Waals surface area contributed by atoms with Gasteiger partial charge in [0.1, 0.15) is 0 Å². The Balaban J connectivity index is 2.14. The highest BCUT2D eigenvalue weighted by Crippen LogP contribution is 2.29. The third kappa shape index (κ3) is 2.08. The van der Waals surface area contributed by atoms with Crippen molar-refractivity contribution in [1.82, 2.24) is 4.98 Å². The molecule has 1 fully saturated rings. The number of halogens is 2. The van der Waals surface area contributed by atoms with Gasteiger partial charge >= 0.3 is 0 Å². The number of hydrogen-bond acceptors (Lipinski definition) is 3. The van der Waals surface area contributed by atoms with Gasteiger partial charge in [0.15, 0.2) is 23.3 Å². The van der Waals surface area contributed by atoms with E-state index in [2.05, 4.69) is 4.98 Å². The molecule has 0 unspecified atom stereocenters. The number of anilines is 2. The fourth-order valence-electron chi connectivity index (χ4n) is 1.89. The van der Waals surface area contributed by atoms with Gasteiger partial charge in [-0.2, -0.15) is 0 Å². The first-order chi connectivity index (χ1) is 7.58. The van der Waals surface area contributed by atoms with Crippen LogP contribution >= 0.6 is 0 Å². The van der Waals surface area contributed by atoms with E-state index >= 15 is 0 Å². The second-order valence-electron chi connectivity index (χ2n) is 4.34. The van der Waals surface area contributed by atoms with Crippen molar-refractivity contribution < 1.29 is 8.78 Å². The summed E-state index contributed by atoms with van der Waals surface area (Å²) in [5.74, 6) is -0.994. The standard InChI is InChI=1S/C11H15F2N3/c1-16(6-7-3-2-4-7)11-9(13)5-8(12)10(14)15-11/h5,7H,2-4,6H2,1H3,(H2,14,15). The molecule has 1 aromatic rings. The van der Waals surface area contributed by atoms with Crippen LogP contribution in [-0.4, -0.2) is 18.6 Å². The summed E-state index contributed by atoms with van der Waals surface area (Å²) in [6.07, 6.45) is 3.57. The van der Waals surface area contributed by atoms with E-state index in [0.29, 0.717) is 5.92 Å². The number of nitrogens with zero attached hydrogens (tertiary/aromatic N) is 2. The molecule has 0 saturated heterocycles. The van der Waals surface area contributed by atoms with Crippen LogP contribution in [0.15, 0.2) is 6.07 Å². The van der Waals surface area contributed by atoms with Gasteiger partial charge in [0.05, 0.1) is 0 Å². The van der Waals surface area contributed by atoms with Crippen molar-refractivity contribution in [3.8, 4) is 0 Å². The van der Waals surface area contributed by atoms with Crippen molar-refractivity contribution in [2.45, 2.75) is 19.3 Å². The number of hydrogen-bond donors (Lipinski definition) is 1. The molecule has 0 aliphatic heterocycles. The molecule has 1 saturated carbocycles. The fourth-order valence-corrected chi connectivity index (χ4v) is 1.89. The lowest BCUT2D eigenvalue weighted by atomic mass is 9.85. The minimum absolute atomic E-state index is 0.130. The normalized spacial score (nSPS) is 15.9. The Morgan fingerprint density at radius 3 is 2.69 bits per heavy atom. The lowest BCUT2D eigenvalue weighted by Crippen LogP contribution is -2.30. The van der Waals surface area contributed by atoms with Gasteiger partial charge in [-0.15, -0.1) is 0 Å². The highest BCUT2D eigenvalue weighted by molar-refractivity contribution is 5.46. The summed E-state index contributed by atoms with van der Waals surface area (Å²) in [6.45, 7) is 0.745. The molecule has 16 heavy (non-hydrogen) atoms. The summed E-state index contributed by atoms with van der Waals surface area (Å²) in [5.41, 5.74) is 5.33. The molecule has 0 bridgehead atoms. The molecule has 1 aliphatic rings. The highest BCUT2D eigenvalue weighted by atomic mass is 19.1. The maximum atomic E-state index is 13.5. The molecule has 1 aliphatic carbocycles. The summed E-state index contributed by atoms with van der Waals surface area (Å²) in [5, 5.41) is 0. The largest absolute Gasteiger partial charge is 0.381 e. The van der Waals surface area contributed by atoms with E-state index in [1.54, 1.807) is 11.9 Å². The van der Waals surface area contributed by atoms with Crippen molar-refractivity contribution in [3.63, 3.8) is 0 Å². The van der Waals surface area contributed by atoms with Gasteiger partial charge < -0.3 is 10.6 Å². The molecule has 5 heteroatoms. The summed E-state index contributed by atoms with van der Waals surface area (Å²) in [7, 11) is 1.75. The van der Waals surface area contributed by atoms with E-state index in [0.717, 1.165) is 12.6 Å². The van der Waals surface area contributed by atoms with E-state index in [1.807, 2.05) is 0 Å². The Bertz CT molecular complexity index is 391. The van der Waals surface area contributed by atoms with Crippen molar-refractivity contribution in [2.24, 2.45) is 5.92 Å². The van der Waals surface area contributed by atoms with E-state index in [4.69, 9.17) is 5.73 Å². The van der Waals surface area contributed by atoms with Gasteiger partial charge in [-0.05, 0) is 18.8 Å². The Morgan fingerprint density at radius 2 is 2.12 bits per heavy atom. The quantitative estimate of drug-likeness (QED) is 0.860. The minimum atomic E-state index is -0.807. The average Bonchev–Trinajstić information content (AvgIpc) is 2.17. The van der Waals surface area contributed by atoms with Crippen LogP contribution in [0.5, 0.6) is 0 Å². The molecule has 0 radical (unpaired) electrons. The second-order valence-corrected chi connectivity index (χ2v) is 4.34. The molecule has 2 N–H and O–H groups in total. The number of rotatable bonds is 3. The van der Waals surface area contributed by atoms with E-state index in [1.165, 1.54) is 19.3 Å². The molecular weight excluding hydrogens is 212 g/mol. The zero-order chi connectivity index (χ0) is 11.7. The Kier molecular flexibility index (Phi) is 2.94. The van der Waals surface area contributed by atoms with Crippen LogP contribution in [0.2, 0.25) is 0 Å². The molecular formula is C11H15F2N3. The summed E-state index contributed by atoms with van der Waals surface area (Å²) >= 11 is 0. The van der Waals surface area contributed by atoms with Crippen LogP contribution in [0.4, 0.5) is 20.4 Å². The van der Waals surface area contributed by atoms with Crippen LogP contribution in [-0.2, 0) is 0 Å². The van der Waals surface area contributed by atoms with Crippen LogP contribution in [0.1, 0.15) is 19.3 Å². The predicted octanol–water partition coefficient (Wildman–Crippen LogP) is 2.18. The lowest BCUT2D eigenvalue weighted by Gasteiger charge is -2.30. The summed E-state index contributed by atoms with van der Waals surface area (Å²) in [4.78, 5) is 5.44. The molecule has 0 aromatic carbocycles. The fraction of sp³-hybridized carbons (Fsp3) is 0.545. The number of nitrogens with two attached hydrogens (primary N) is 1. The van der Waals surface area contributed by atoms with Crippen molar-refractivity contribution >= 4 is 11.6 Å². The van der Waals surface area contributed by atoms with Crippen molar-refractivity contribution in [1.29, 1.82) is 0 Å². The van der Waals surface area contributed by atoms with Crippen molar-refractivity contribution in [3.05, 3.63) is 17.7 Å². The topological polar surface area (TPSA) is 42.2 Å². The monoisotopic (exact) mass is 227 g/mol. The van der Waals surface area contributed by atoms with E-state index in [9.17, 15) is 8.78 Å². The van der Waals surface area contributed by atoms with Crippen molar-refractivity contribution in [2.75, 3.05) is 24.2 Å². The van der Waals surface area contributed by atoms with Crippen LogP contribution in [0.25, 0.3) is 0 Å². The maximum Gasteiger partial charge on any atom is 0.168 e. The molecule has 0 atom stereocenters. The van der Waals surface area contributed by atoms with Crippen LogP contribution in [0, 0.1) is 17.6 Å². The molecule has 0 spiro atoms. The molecule has 88 valence electrons. The Labute approximate surface area is 93.3 Å². The van der Waals surface area contributed by atoms with Crippen LogP contribution in [0.3, 0.4) is 0 Å². The maximum absolute atomic E-state index is 13.5. The Hall–Kier alpha value is -1.39. The van der Waals surface area contributed by atoms with Crippen LogP contribution < -0.4 is 10.6 Å². The first kappa shape index (κ1) is 11.1. The smallest absolute Gasteiger partial charge is 0.168 e. The minimum Gasteiger partial charge on any atom is -0.381 e. The zero-order valence-electron chi connectivity index (χ0n) is 9.21. The van der Waals surface area contributed by atoms with Gasteiger partial charge in [0, 0.05) is 19.7 Å². The first-order valence-corrected chi connectivity index (χ1v) is 5.40. The van der Waals surface area contributed by atoms with Gasteiger partial charge in [-0.25, -0.2) is 13.8 Å². The third-order valence-electron chi connectivity index (χ3n) is 3.06. The second kappa shape index (κ2) is 4.23. The van der Waals surface area contributed by atoms with Gasteiger partial charge in [0.2, 0.25) is 0 Å². The third-order valence-corrected chi connectivity index (χ3v) is 3.06. The van der Waals surface area contributed by atoms with Gasteiger partial charge in [0.25, 0.3) is 0 Å². The molecule has 1 aromatic heterocycles. The number of pyridine rings is 1. The molecule has 0 amide bonds. The first-order valence-electron chi connectivity index (χ1n) is 5.40. The summed E-state index contributed by atoms with van der Waals surface area (Å²) in [6, 6.07) is 0.787.